The molecule has 0 aliphatic rings. The Morgan fingerprint density at radius 3 is 2.00 bits per heavy atom. The van der Waals surface area contributed by atoms with Crippen LogP contribution in [-0.4, -0.2) is 35.6 Å². The molecule has 2 atom stereocenters. The van der Waals surface area contributed by atoms with Crippen LogP contribution in [0.3, 0.4) is 0 Å². The van der Waals surface area contributed by atoms with E-state index in [9.17, 15) is 4.79 Å². The van der Waals surface area contributed by atoms with Crippen molar-refractivity contribution in [3.05, 3.63) is 0 Å². The Labute approximate surface area is 66.0 Å². The van der Waals surface area contributed by atoms with Crippen molar-refractivity contribution in [3.63, 3.8) is 0 Å². The molecule has 68 valence electrons. The average Bonchev–Trinajstić information content (AvgIpc) is 1.85. The Hall–Kier alpha value is -0.500. The van der Waals surface area contributed by atoms with Crippen molar-refractivity contribution in [2.24, 2.45) is 0 Å². The summed E-state index contributed by atoms with van der Waals surface area (Å²) < 4.78 is 24.1. The maximum atomic E-state index is 9.68. The summed E-state index contributed by atoms with van der Waals surface area (Å²) in [6.45, 7) is 1.61. The Balaban J connectivity index is 0. The minimum Gasteiger partial charge on any atom is -0.750 e. The first-order chi connectivity index (χ1) is 4.91. The number of hydrogen-bond acceptors (Lipinski definition) is 4. The van der Waals surface area contributed by atoms with E-state index in [4.69, 9.17) is 23.5 Å². The van der Waals surface area contributed by atoms with Crippen molar-refractivity contribution in [2.75, 3.05) is 0 Å². The molecular weight excluding hydrogens is 176 g/mol. The molecule has 0 aliphatic carbocycles. The third-order valence-corrected chi connectivity index (χ3v) is 0.672. The Kier molecular flexibility index (Phi) is 9.07. The number of carbonyl (C=O) groups is 1. The maximum absolute atomic E-state index is 9.68. The van der Waals surface area contributed by atoms with Crippen molar-refractivity contribution in [2.45, 2.75) is 19.4 Å². The van der Waals surface area contributed by atoms with E-state index in [2.05, 4.69) is 0 Å². The molecule has 0 spiro atoms. The van der Waals surface area contributed by atoms with Gasteiger partial charge in [0, 0.05) is 0 Å². The summed E-state index contributed by atoms with van der Waals surface area (Å²) in [6.07, 6.45) is -0.907. The van der Waals surface area contributed by atoms with Crippen molar-refractivity contribution in [3.8, 4) is 0 Å². The van der Waals surface area contributed by atoms with E-state index in [1.165, 1.54) is 0 Å². The van der Waals surface area contributed by atoms with Gasteiger partial charge in [0.25, 0.3) is 0 Å². The molecule has 0 saturated carbocycles. The molecule has 0 amide bonds. The number of carboxylic acid groups (broad SMARTS) is 1. The standard InChI is InChI=1S/C4H8O3.H2O3S/c1-2-3(5)4(6)7;1-4(2)3/h3,5H,2H2,1H3,(H,6,7);(H2,1,2,3)/p-1. The van der Waals surface area contributed by atoms with E-state index >= 15 is 0 Å². The quantitative estimate of drug-likeness (QED) is 0.484. The number of aliphatic hydroxyl groups excluding tert-OH is 1. The molecule has 0 aromatic rings. The smallest absolute Gasteiger partial charge is 0.332 e. The van der Waals surface area contributed by atoms with Gasteiger partial charge in [-0.05, 0) is 6.42 Å². The fraction of sp³-hybridized carbons (Fsp3) is 0.750. The van der Waals surface area contributed by atoms with E-state index in [0.29, 0.717) is 0 Å². The summed E-state index contributed by atoms with van der Waals surface area (Å²) in [5, 5.41) is 16.3. The highest BCUT2D eigenvalue weighted by molar-refractivity contribution is 7.73. The first-order valence-electron chi connectivity index (χ1n) is 2.61. The molecule has 0 rings (SSSR count). The van der Waals surface area contributed by atoms with Crippen molar-refractivity contribution < 1.29 is 28.3 Å². The summed E-state index contributed by atoms with van der Waals surface area (Å²) in [7, 11) is 0. The van der Waals surface area contributed by atoms with Crippen LogP contribution in [0.2, 0.25) is 0 Å². The van der Waals surface area contributed by atoms with Gasteiger partial charge in [-0.2, -0.15) is 0 Å². The Bertz CT molecular complexity index is 131. The molecule has 11 heavy (non-hydrogen) atoms. The highest BCUT2D eigenvalue weighted by Gasteiger charge is 2.07. The van der Waals surface area contributed by atoms with Gasteiger partial charge in [-0.1, -0.05) is 6.92 Å². The fourth-order valence-corrected chi connectivity index (χ4v) is 0.175. The van der Waals surface area contributed by atoms with E-state index in [1.807, 2.05) is 0 Å². The predicted octanol–water partition coefficient (Wildman–Crippen LogP) is -0.820. The maximum Gasteiger partial charge on any atom is 0.332 e. The number of hydrogen-bond donors (Lipinski definition) is 3. The van der Waals surface area contributed by atoms with Gasteiger partial charge < -0.3 is 19.3 Å². The zero-order valence-corrected chi connectivity index (χ0v) is 6.58. The highest BCUT2D eigenvalue weighted by Crippen LogP contribution is 1.86. The van der Waals surface area contributed by atoms with Gasteiger partial charge in [0.1, 0.15) is 0 Å². The van der Waals surface area contributed by atoms with Crippen LogP contribution in [0.4, 0.5) is 0 Å². The monoisotopic (exact) mass is 185 g/mol. The molecule has 0 radical (unpaired) electrons. The molecule has 3 N–H and O–H groups in total. The van der Waals surface area contributed by atoms with Gasteiger partial charge >= 0.3 is 5.97 Å². The molecule has 0 bridgehead atoms. The van der Waals surface area contributed by atoms with Crippen molar-refractivity contribution >= 4 is 17.3 Å². The van der Waals surface area contributed by atoms with E-state index < -0.39 is 23.4 Å². The third-order valence-electron chi connectivity index (χ3n) is 0.672. The molecule has 2 unspecified atom stereocenters. The highest BCUT2D eigenvalue weighted by atomic mass is 32.2. The molecule has 0 aliphatic heterocycles. The lowest BCUT2D eigenvalue weighted by Gasteiger charge is -1.95. The second-order valence-electron chi connectivity index (χ2n) is 1.48. The average molecular weight is 185 g/mol. The Morgan fingerprint density at radius 2 is 2.00 bits per heavy atom. The normalized spacial score (nSPS) is 14.2. The number of carboxylic acids is 1. The van der Waals surface area contributed by atoms with Gasteiger partial charge in [0.2, 0.25) is 0 Å². The minimum atomic E-state index is -2.86. The largest absolute Gasteiger partial charge is 0.750 e. The van der Waals surface area contributed by atoms with Crippen LogP contribution in [0.1, 0.15) is 13.3 Å². The molecule has 0 aromatic carbocycles. The molecule has 0 aromatic heterocycles. The van der Waals surface area contributed by atoms with E-state index in [-0.39, 0.29) is 6.42 Å². The summed E-state index contributed by atoms with van der Waals surface area (Å²) in [4.78, 5) is 9.68. The molecule has 0 fully saturated rings. The molecule has 7 heteroatoms. The lowest BCUT2D eigenvalue weighted by Crippen LogP contribution is -2.17. The predicted molar refractivity (Wildman–Crippen MR) is 35.5 cm³/mol. The number of aliphatic hydroxyl groups is 1. The lowest BCUT2D eigenvalue weighted by molar-refractivity contribution is -0.146. The minimum absolute atomic E-state index is 0.273. The zero-order chi connectivity index (χ0) is 9.44. The van der Waals surface area contributed by atoms with Crippen LogP contribution >= 0.6 is 0 Å². The van der Waals surface area contributed by atoms with Gasteiger partial charge in [-0.15, -0.1) is 0 Å². The van der Waals surface area contributed by atoms with Crippen molar-refractivity contribution in [1.82, 2.24) is 0 Å². The Morgan fingerprint density at radius 1 is 1.73 bits per heavy atom. The molecular formula is C4H9O6S-. The topological polar surface area (TPSA) is 118 Å². The molecule has 0 saturated heterocycles. The van der Waals surface area contributed by atoms with Gasteiger partial charge in [0.05, 0.1) is 11.4 Å². The van der Waals surface area contributed by atoms with Gasteiger partial charge in [0.15, 0.2) is 6.10 Å². The van der Waals surface area contributed by atoms with Crippen LogP contribution in [0.5, 0.6) is 0 Å². The van der Waals surface area contributed by atoms with E-state index in [0.717, 1.165) is 0 Å². The SMILES string of the molecule is CCC(O)C(=O)O.O=S([O-])O. The second-order valence-corrected chi connectivity index (χ2v) is 1.91. The third kappa shape index (κ3) is 17.7. The molecule has 0 heterocycles. The fourth-order valence-electron chi connectivity index (χ4n) is 0.175. The van der Waals surface area contributed by atoms with Crippen LogP contribution in [0, 0.1) is 0 Å². The summed E-state index contributed by atoms with van der Waals surface area (Å²) in [5.41, 5.74) is 0. The van der Waals surface area contributed by atoms with Crippen LogP contribution in [0.25, 0.3) is 0 Å². The number of rotatable bonds is 2. The first kappa shape index (κ1) is 13.1. The van der Waals surface area contributed by atoms with Gasteiger partial charge in [-0.25, -0.2) is 9.00 Å². The van der Waals surface area contributed by atoms with Crippen LogP contribution < -0.4 is 0 Å². The van der Waals surface area contributed by atoms with Crippen LogP contribution in [-0.2, 0) is 16.2 Å². The summed E-state index contributed by atoms with van der Waals surface area (Å²) in [5.74, 6) is -1.15. The summed E-state index contributed by atoms with van der Waals surface area (Å²) >= 11 is -2.86. The van der Waals surface area contributed by atoms with Crippen molar-refractivity contribution in [1.29, 1.82) is 0 Å². The first-order valence-corrected chi connectivity index (χ1v) is 3.64. The number of aliphatic carboxylic acids is 1. The summed E-state index contributed by atoms with van der Waals surface area (Å²) in [6, 6.07) is 0. The molecule has 6 nitrogen and oxygen atoms in total. The zero-order valence-electron chi connectivity index (χ0n) is 5.76. The van der Waals surface area contributed by atoms with Gasteiger partial charge in [-0.3, -0.25) is 0 Å². The second kappa shape index (κ2) is 7.61. The van der Waals surface area contributed by atoms with Crippen LogP contribution in [0.15, 0.2) is 0 Å². The van der Waals surface area contributed by atoms with E-state index in [1.54, 1.807) is 6.92 Å². The lowest BCUT2D eigenvalue weighted by atomic mass is 10.3.